The van der Waals surface area contributed by atoms with E-state index in [0.29, 0.717) is 33.0 Å². The van der Waals surface area contributed by atoms with Crippen molar-refractivity contribution in [3.05, 3.63) is 74.4 Å². The number of rotatable bonds is 4. The van der Waals surface area contributed by atoms with Gasteiger partial charge in [-0.3, -0.25) is 9.36 Å². The Morgan fingerprint density at radius 3 is 2.66 bits per heavy atom. The van der Waals surface area contributed by atoms with Crippen LogP contribution in [-0.2, 0) is 5.75 Å². The number of thioether (sulfide) groups is 1. The molecule has 0 unspecified atom stereocenters. The van der Waals surface area contributed by atoms with Gasteiger partial charge >= 0.3 is 5.63 Å². The molecular weight excluding hydrogens is 388 g/mol. The molecule has 0 fully saturated rings. The number of para-hydroxylation sites is 1. The molecule has 2 heterocycles. The average Bonchev–Trinajstić information content (AvgIpc) is 2.69. The van der Waals surface area contributed by atoms with Crippen LogP contribution in [-0.4, -0.2) is 14.7 Å². The second-order valence-corrected chi connectivity index (χ2v) is 8.09. The first-order valence-electron chi connectivity index (χ1n) is 9.26. The largest absolute Gasteiger partial charge is 0.508 e. The Morgan fingerprint density at radius 2 is 1.90 bits per heavy atom. The number of aromatic nitrogens is 2. The lowest BCUT2D eigenvalue weighted by Crippen LogP contribution is -2.25. The highest BCUT2D eigenvalue weighted by molar-refractivity contribution is 7.98. The Morgan fingerprint density at radius 1 is 1.14 bits per heavy atom. The number of hydrogen-bond donors (Lipinski definition) is 1. The summed E-state index contributed by atoms with van der Waals surface area (Å²) in [5.41, 5.74) is 1.76. The lowest BCUT2D eigenvalue weighted by Gasteiger charge is -2.16. The first-order valence-corrected chi connectivity index (χ1v) is 10.2. The summed E-state index contributed by atoms with van der Waals surface area (Å²) < 4.78 is 6.99. The fraction of sp³-hybridized carbons (Fsp3) is 0.227. The minimum Gasteiger partial charge on any atom is -0.508 e. The molecule has 0 aliphatic heterocycles. The van der Waals surface area contributed by atoms with E-state index in [1.165, 1.54) is 17.8 Å². The molecule has 0 amide bonds. The molecule has 148 valence electrons. The number of hydrogen-bond acceptors (Lipinski definition) is 6. The predicted molar refractivity (Wildman–Crippen MR) is 115 cm³/mol. The molecule has 6 nitrogen and oxygen atoms in total. The number of phenols is 1. The van der Waals surface area contributed by atoms with E-state index in [0.717, 1.165) is 10.9 Å². The highest BCUT2D eigenvalue weighted by Crippen LogP contribution is 2.31. The molecular formula is C22H20N2O4S. The lowest BCUT2D eigenvalue weighted by atomic mass is 10.1. The zero-order valence-electron chi connectivity index (χ0n) is 16.3. The van der Waals surface area contributed by atoms with E-state index in [1.54, 1.807) is 29.7 Å². The molecule has 1 N–H and O–H groups in total. The summed E-state index contributed by atoms with van der Waals surface area (Å²) in [4.78, 5) is 29.7. The monoisotopic (exact) mass is 408 g/mol. The maximum absolute atomic E-state index is 13.0. The minimum absolute atomic E-state index is 0.0566. The van der Waals surface area contributed by atoms with Crippen molar-refractivity contribution in [1.82, 2.24) is 9.55 Å². The van der Waals surface area contributed by atoms with E-state index in [1.807, 2.05) is 32.0 Å². The number of aromatic hydroxyl groups is 1. The lowest BCUT2D eigenvalue weighted by molar-refractivity contribution is 0.468. The topological polar surface area (TPSA) is 85.3 Å². The molecule has 0 radical (unpaired) electrons. The van der Waals surface area contributed by atoms with Crippen molar-refractivity contribution in [2.45, 2.75) is 37.7 Å². The molecule has 4 aromatic rings. The Labute approximate surface area is 170 Å². The average molecular weight is 408 g/mol. The van der Waals surface area contributed by atoms with Gasteiger partial charge in [0, 0.05) is 28.8 Å². The van der Waals surface area contributed by atoms with E-state index in [2.05, 4.69) is 0 Å². The molecule has 0 saturated heterocycles. The van der Waals surface area contributed by atoms with Gasteiger partial charge in [-0.05, 0) is 50.6 Å². The molecule has 7 heteroatoms. The van der Waals surface area contributed by atoms with Gasteiger partial charge in [-0.1, -0.05) is 23.9 Å². The number of aryl methyl sites for hydroxylation is 1. The van der Waals surface area contributed by atoms with E-state index < -0.39 is 5.63 Å². The SMILES string of the molecule is Cc1c(O)ccc2c(CSc3nc4ccccc4c(=O)n3C(C)C)cc(=O)oc12. The number of nitrogens with zero attached hydrogens (tertiary/aromatic N) is 2. The van der Waals surface area contributed by atoms with Crippen molar-refractivity contribution in [2.75, 3.05) is 0 Å². The first kappa shape index (κ1) is 19.3. The van der Waals surface area contributed by atoms with Crippen LogP contribution in [0.3, 0.4) is 0 Å². The van der Waals surface area contributed by atoms with E-state index in [-0.39, 0.29) is 17.4 Å². The zero-order chi connectivity index (χ0) is 20.7. The van der Waals surface area contributed by atoms with E-state index >= 15 is 0 Å². The second-order valence-electron chi connectivity index (χ2n) is 7.15. The van der Waals surface area contributed by atoms with Crippen LogP contribution in [0, 0.1) is 6.92 Å². The van der Waals surface area contributed by atoms with Crippen LogP contribution in [0.4, 0.5) is 0 Å². The normalized spacial score (nSPS) is 11.6. The smallest absolute Gasteiger partial charge is 0.336 e. The highest BCUT2D eigenvalue weighted by atomic mass is 32.2. The van der Waals surface area contributed by atoms with Gasteiger partial charge in [-0.25, -0.2) is 9.78 Å². The third-order valence-corrected chi connectivity index (χ3v) is 5.87. The van der Waals surface area contributed by atoms with Crippen molar-refractivity contribution < 1.29 is 9.52 Å². The molecule has 0 bridgehead atoms. The van der Waals surface area contributed by atoms with Gasteiger partial charge in [-0.15, -0.1) is 0 Å². The van der Waals surface area contributed by atoms with Gasteiger partial charge in [-0.2, -0.15) is 0 Å². The third kappa shape index (κ3) is 3.42. The molecule has 29 heavy (non-hydrogen) atoms. The molecule has 0 atom stereocenters. The van der Waals surface area contributed by atoms with Crippen LogP contribution in [0.15, 0.2) is 61.6 Å². The Balaban J connectivity index is 1.81. The molecule has 0 aliphatic rings. The number of benzene rings is 2. The second kappa shape index (κ2) is 7.40. The summed E-state index contributed by atoms with van der Waals surface area (Å²) in [7, 11) is 0. The standard InChI is InChI=1S/C22H20N2O4S/c1-12(2)24-21(27)16-6-4-5-7-17(16)23-22(24)29-11-14-10-19(26)28-20-13(3)18(25)9-8-15(14)20/h4-10,12,25H,11H2,1-3H3. The molecule has 0 saturated carbocycles. The van der Waals surface area contributed by atoms with Crippen LogP contribution in [0.2, 0.25) is 0 Å². The van der Waals surface area contributed by atoms with Crippen molar-refractivity contribution in [1.29, 1.82) is 0 Å². The summed E-state index contributed by atoms with van der Waals surface area (Å²) in [6.45, 7) is 5.60. The van der Waals surface area contributed by atoms with E-state index in [4.69, 9.17) is 9.40 Å². The van der Waals surface area contributed by atoms with Crippen LogP contribution < -0.4 is 11.2 Å². The van der Waals surface area contributed by atoms with Crippen LogP contribution in [0.1, 0.15) is 31.0 Å². The molecule has 0 spiro atoms. The predicted octanol–water partition coefficient (Wildman–Crippen LogP) is 4.39. The minimum atomic E-state index is -0.477. The summed E-state index contributed by atoms with van der Waals surface area (Å²) in [6, 6.07) is 12.0. The van der Waals surface area contributed by atoms with Crippen molar-refractivity contribution in [3.8, 4) is 5.75 Å². The quantitative estimate of drug-likeness (QED) is 0.306. The molecule has 2 aromatic carbocycles. The number of fused-ring (bicyclic) bond motifs is 2. The third-order valence-electron chi connectivity index (χ3n) is 4.87. The highest BCUT2D eigenvalue weighted by Gasteiger charge is 2.16. The van der Waals surface area contributed by atoms with Gasteiger partial charge in [0.1, 0.15) is 11.3 Å². The zero-order valence-corrected chi connectivity index (χ0v) is 17.1. The Bertz CT molecular complexity index is 1360. The summed E-state index contributed by atoms with van der Waals surface area (Å²) in [5.74, 6) is 0.513. The fourth-order valence-corrected chi connectivity index (χ4v) is 4.48. The Hall–Kier alpha value is -3.06. The van der Waals surface area contributed by atoms with Gasteiger partial charge in [0.25, 0.3) is 5.56 Å². The molecule has 2 aromatic heterocycles. The van der Waals surface area contributed by atoms with Crippen molar-refractivity contribution in [3.63, 3.8) is 0 Å². The van der Waals surface area contributed by atoms with Gasteiger partial charge in [0.05, 0.1) is 10.9 Å². The van der Waals surface area contributed by atoms with Crippen LogP contribution in [0.5, 0.6) is 5.75 Å². The van der Waals surface area contributed by atoms with Gasteiger partial charge < -0.3 is 9.52 Å². The van der Waals surface area contributed by atoms with Crippen LogP contribution in [0.25, 0.3) is 21.9 Å². The van der Waals surface area contributed by atoms with Crippen molar-refractivity contribution >= 4 is 33.6 Å². The van der Waals surface area contributed by atoms with Crippen LogP contribution >= 0.6 is 11.8 Å². The fourth-order valence-electron chi connectivity index (χ4n) is 3.36. The summed E-state index contributed by atoms with van der Waals surface area (Å²) in [6.07, 6.45) is 0. The maximum Gasteiger partial charge on any atom is 0.336 e. The Kier molecular flexibility index (Phi) is 4.92. The molecule has 4 rings (SSSR count). The molecule has 0 aliphatic carbocycles. The summed E-state index contributed by atoms with van der Waals surface area (Å²) >= 11 is 1.40. The summed E-state index contributed by atoms with van der Waals surface area (Å²) in [5, 5.41) is 11.9. The first-order chi connectivity index (χ1) is 13.9. The van der Waals surface area contributed by atoms with Gasteiger partial charge in [0.15, 0.2) is 5.16 Å². The number of phenolic OH excluding ortho intramolecular Hbond substituents is 1. The van der Waals surface area contributed by atoms with Gasteiger partial charge in [0.2, 0.25) is 0 Å². The maximum atomic E-state index is 13.0. The van der Waals surface area contributed by atoms with Crippen molar-refractivity contribution in [2.24, 2.45) is 0 Å². The van der Waals surface area contributed by atoms with E-state index in [9.17, 15) is 14.7 Å².